The van der Waals surface area contributed by atoms with Gasteiger partial charge in [0, 0.05) is 25.9 Å². The van der Waals surface area contributed by atoms with Gasteiger partial charge in [-0.25, -0.2) is 0 Å². The smallest absolute Gasteiger partial charge is 0.143 e. The molecule has 4 unspecified atom stereocenters. The highest BCUT2D eigenvalue weighted by Crippen LogP contribution is 2.41. The van der Waals surface area contributed by atoms with Crippen LogP contribution in [0.25, 0.3) is 0 Å². The van der Waals surface area contributed by atoms with E-state index in [9.17, 15) is 5.11 Å². The van der Waals surface area contributed by atoms with E-state index in [0.717, 1.165) is 51.6 Å². The van der Waals surface area contributed by atoms with Crippen LogP contribution in [0.5, 0.6) is 0 Å². The molecule has 172 valence electrons. The van der Waals surface area contributed by atoms with Gasteiger partial charge in [0.2, 0.25) is 0 Å². The number of allylic oxidation sites excluding steroid dienone is 1. The number of rotatable bonds is 9. The average molecular weight is 435 g/mol. The van der Waals surface area contributed by atoms with Crippen LogP contribution in [-0.2, 0) is 11.2 Å². The van der Waals surface area contributed by atoms with Crippen LogP contribution < -0.4 is 4.90 Å². The molecule has 4 atom stereocenters. The summed E-state index contributed by atoms with van der Waals surface area (Å²) in [4.78, 5) is 4.76. The van der Waals surface area contributed by atoms with Crippen LogP contribution in [0.2, 0.25) is 0 Å². The maximum atomic E-state index is 12.0. The number of fused-ring (bicyclic) bond motifs is 1. The monoisotopic (exact) mass is 434 g/mol. The van der Waals surface area contributed by atoms with Gasteiger partial charge >= 0.3 is 0 Å². The maximum absolute atomic E-state index is 12.0. The van der Waals surface area contributed by atoms with Gasteiger partial charge in [0.1, 0.15) is 6.23 Å². The van der Waals surface area contributed by atoms with Crippen molar-refractivity contribution in [2.45, 2.75) is 69.9 Å². The zero-order valence-corrected chi connectivity index (χ0v) is 19.6. The highest BCUT2D eigenvalue weighted by molar-refractivity contribution is 5.58. The van der Waals surface area contributed by atoms with Crippen molar-refractivity contribution in [3.8, 4) is 0 Å². The molecular formula is C28H38N2O2. The van der Waals surface area contributed by atoms with Crippen molar-refractivity contribution in [3.05, 3.63) is 77.9 Å². The Balaban J connectivity index is 1.66. The van der Waals surface area contributed by atoms with Gasteiger partial charge in [0.25, 0.3) is 0 Å². The van der Waals surface area contributed by atoms with Crippen molar-refractivity contribution in [1.82, 2.24) is 4.90 Å². The third-order valence-corrected chi connectivity index (χ3v) is 7.19. The third-order valence-electron chi connectivity index (χ3n) is 7.19. The lowest BCUT2D eigenvalue weighted by Gasteiger charge is -2.46. The molecular weight excluding hydrogens is 396 g/mol. The topological polar surface area (TPSA) is 35.9 Å². The lowest BCUT2D eigenvalue weighted by atomic mass is 9.89. The van der Waals surface area contributed by atoms with E-state index < -0.39 is 6.23 Å². The van der Waals surface area contributed by atoms with Crippen LogP contribution in [0.4, 0.5) is 5.69 Å². The predicted molar refractivity (Wildman–Crippen MR) is 132 cm³/mol. The summed E-state index contributed by atoms with van der Waals surface area (Å²) in [5.41, 5.74) is 4.99. The summed E-state index contributed by atoms with van der Waals surface area (Å²) in [6, 6.07) is 19.5. The Bertz CT molecular complexity index is 884. The summed E-state index contributed by atoms with van der Waals surface area (Å²) in [7, 11) is 1.80. The van der Waals surface area contributed by atoms with E-state index in [1.54, 1.807) is 7.11 Å². The Hall–Kier alpha value is -2.14. The number of aliphatic hydroxyl groups excluding tert-OH is 1. The van der Waals surface area contributed by atoms with Gasteiger partial charge in [0.05, 0.1) is 18.2 Å². The molecule has 0 saturated carbocycles. The number of hydrogen-bond donors (Lipinski definition) is 1. The summed E-state index contributed by atoms with van der Waals surface area (Å²) >= 11 is 0. The Labute approximate surface area is 193 Å². The maximum Gasteiger partial charge on any atom is 0.143 e. The molecule has 2 heterocycles. The first-order chi connectivity index (χ1) is 15.6. The molecule has 2 aliphatic heterocycles. The highest BCUT2D eigenvalue weighted by Gasteiger charge is 2.39. The predicted octanol–water partition coefficient (Wildman–Crippen LogP) is 5.33. The van der Waals surface area contributed by atoms with Crippen LogP contribution in [-0.4, -0.2) is 48.6 Å². The number of methoxy groups -OCH3 is 1. The van der Waals surface area contributed by atoms with Gasteiger partial charge in [-0.3, -0.25) is 4.90 Å². The molecule has 2 aromatic carbocycles. The van der Waals surface area contributed by atoms with E-state index in [-0.39, 0.29) is 18.2 Å². The molecule has 4 rings (SSSR count). The standard InChI is InChI=1S/C28H38N2O2/c1-21(2)10-9-15-27(29-19-18-24(20-29)32-3)28(31)30-25-14-8-7-13-23(25)16-17-26(30)22-11-5-4-6-12-22/h4-8,11-14,24,26-28,31H,1,9-10,15-20H2,2-3H3. The van der Waals surface area contributed by atoms with E-state index >= 15 is 0 Å². The summed E-state index contributed by atoms with van der Waals surface area (Å²) in [5.74, 6) is 0. The fraction of sp³-hybridized carbons (Fsp3) is 0.500. The van der Waals surface area contributed by atoms with Crippen molar-refractivity contribution >= 4 is 5.69 Å². The zero-order chi connectivity index (χ0) is 22.5. The Morgan fingerprint density at radius 2 is 1.88 bits per heavy atom. The Morgan fingerprint density at radius 1 is 1.12 bits per heavy atom. The largest absolute Gasteiger partial charge is 0.380 e. The number of nitrogens with zero attached hydrogens (tertiary/aromatic N) is 2. The van der Waals surface area contributed by atoms with E-state index in [0.29, 0.717) is 0 Å². The molecule has 2 aromatic rings. The Kier molecular flexibility index (Phi) is 7.67. The van der Waals surface area contributed by atoms with Crippen LogP contribution >= 0.6 is 0 Å². The minimum atomic E-state index is -0.581. The first-order valence-electron chi connectivity index (χ1n) is 12.1. The second-order valence-corrected chi connectivity index (χ2v) is 9.47. The SMILES string of the molecule is C=C(C)CCCC(C(O)N1c2ccccc2CCC1c1ccccc1)N1CCC(OC)C1. The van der Waals surface area contributed by atoms with Crippen LogP contribution in [0.15, 0.2) is 66.7 Å². The molecule has 2 aliphatic rings. The number of aryl methyl sites for hydroxylation is 1. The molecule has 32 heavy (non-hydrogen) atoms. The van der Waals surface area contributed by atoms with E-state index in [1.165, 1.54) is 22.4 Å². The van der Waals surface area contributed by atoms with Gasteiger partial charge in [-0.1, -0.05) is 54.1 Å². The van der Waals surface area contributed by atoms with Gasteiger partial charge < -0.3 is 14.7 Å². The van der Waals surface area contributed by atoms with E-state index in [4.69, 9.17) is 4.74 Å². The number of aliphatic hydroxyl groups is 1. The minimum absolute atomic E-state index is 0.0619. The molecule has 4 nitrogen and oxygen atoms in total. The van der Waals surface area contributed by atoms with Crippen molar-refractivity contribution in [3.63, 3.8) is 0 Å². The van der Waals surface area contributed by atoms with Crippen molar-refractivity contribution < 1.29 is 9.84 Å². The van der Waals surface area contributed by atoms with Gasteiger partial charge in [-0.15, -0.1) is 6.58 Å². The van der Waals surface area contributed by atoms with Gasteiger partial charge in [-0.2, -0.15) is 0 Å². The third kappa shape index (κ3) is 5.09. The molecule has 1 fully saturated rings. The second-order valence-electron chi connectivity index (χ2n) is 9.47. The van der Waals surface area contributed by atoms with Crippen molar-refractivity contribution in [2.24, 2.45) is 0 Å². The average Bonchev–Trinajstić information content (AvgIpc) is 3.30. The van der Waals surface area contributed by atoms with Gasteiger partial charge in [-0.05, 0) is 62.6 Å². The second kappa shape index (κ2) is 10.7. The number of likely N-dealkylation sites (tertiary alicyclic amines) is 1. The molecule has 1 saturated heterocycles. The summed E-state index contributed by atoms with van der Waals surface area (Å²) in [6.45, 7) is 8.03. The quantitative estimate of drug-likeness (QED) is 0.541. The number of anilines is 1. The van der Waals surface area contributed by atoms with Crippen LogP contribution in [0.1, 0.15) is 56.2 Å². The lowest BCUT2D eigenvalue weighted by Crippen LogP contribution is -2.54. The zero-order valence-electron chi connectivity index (χ0n) is 19.6. The molecule has 0 radical (unpaired) electrons. The Morgan fingerprint density at radius 3 is 2.59 bits per heavy atom. The normalized spacial score (nSPS) is 23.0. The molecule has 1 N–H and O–H groups in total. The first-order valence-corrected chi connectivity index (χ1v) is 12.1. The van der Waals surface area contributed by atoms with Crippen molar-refractivity contribution in [2.75, 3.05) is 25.1 Å². The lowest BCUT2D eigenvalue weighted by molar-refractivity contribution is 0.0333. The fourth-order valence-corrected chi connectivity index (χ4v) is 5.47. The van der Waals surface area contributed by atoms with Gasteiger partial charge in [0.15, 0.2) is 0 Å². The number of benzene rings is 2. The van der Waals surface area contributed by atoms with E-state index in [2.05, 4.69) is 77.9 Å². The molecule has 0 aliphatic carbocycles. The molecule has 0 amide bonds. The number of para-hydroxylation sites is 1. The highest BCUT2D eigenvalue weighted by atomic mass is 16.5. The fourth-order valence-electron chi connectivity index (χ4n) is 5.47. The first kappa shape index (κ1) is 23.0. The molecule has 4 heteroatoms. The number of hydrogen-bond acceptors (Lipinski definition) is 4. The summed E-state index contributed by atoms with van der Waals surface area (Å²) in [6.07, 6.45) is 5.74. The molecule has 0 aromatic heterocycles. The summed E-state index contributed by atoms with van der Waals surface area (Å²) in [5, 5.41) is 12.0. The minimum Gasteiger partial charge on any atom is -0.380 e. The van der Waals surface area contributed by atoms with Crippen molar-refractivity contribution in [1.29, 1.82) is 0 Å². The molecule has 0 bridgehead atoms. The number of ether oxygens (including phenoxy) is 1. The molecule has 0 spiro atoms. The summed E-state index contributed by atoms with van der Waals surface area (Å²) < 4.78 is 5.66. The van der Waals surface area contributed by atoms with Crippen LogP contribution in [0.3, 0.4) is 0 Å². The van der Waals surface area contributed by atoms with E-state index in [1.807, 2.05) is 0 Å². The van der Waals surface area contributed by atoms with Crippen LogP contribution in [0, 0.1) is 0 Å².